The van der Waals surface area contributed by atoms with Gasteiger partial charge in [-0.25, -0.2) is 13.4 Å². The Morgan fingerprint density at radius 2 is 1.90 bits per heavy atom. The molecule has 5 nitrogen and oxygen atoms in total. The Kier molecular flexibility index (Phi) is 5.19. The summed E-state index contributed by atoms with van der Waals surface area (Å²) in [5.74, 6) is 0.908. The van der Waals surface area contributed by atoms with Crippen molar-refractivity contribution in [2.24, 2.45) is 7.05 Å². The fourth-order valence-corrected chi connectivity index (χ4v) is 6.35. The van der Waals surface area contributed by atoms with Crippen molar-refractivity contribution < 1.29 is 8.42 Å². The van der Waals surface area contributed by atoms with Gasteiger partial charge in [0.1, 0.15) is 5.82 Å². The molecule has 1 atom stereocenters. The molecule has 2 heterocycles. The lowest BCUT2D eigenvalue weighted by Crippen LogP contribution is -2.43. The molecule has 7 heteroatoms. The van der Waals surface area contributed by atoms with E-state index < -0.39 is 9.84 Å². The molecular weight excluding hydrogens is 430 g/mol. The molecule has 0 amide bonds. The Labute approximate surface area is 188 Å². The summed E-state index contributed by atoms with van der Waals surface area (Å²) in [7, 11) is -1.17. The Hall–Kier alpha value is -2.15. The number of benzene rings is 2. The number of hydrogen-bond acceptors (Lipinski definition) is 4. The SMILES string of the molecule is Cn1c(-c2ccccc2Cl)nc2c1CCN(C1CCc3cccc(S(C)(=O)=O)c3C1)C2. The second-order valence-corrected chi connectivity index (χ2v) is 11.0. The van der Waals surface area contributed by atoms with E-state index in [0.717, 1.165) is 61.4 Å². The number of nitrogens with zero attached hydrogens (tertiary/aromatic N) is 3. The van der Waals surface area contributed by atoms with Crippen LogP contribution in [0.3, 0.4) is 0 Å². The van der Waals surface area contributed by atoms with E-state index in [-0.39, 0.29) is 0 Å². The van der Waals surface area contributed by atoms with Crippen LogP contribution < -0.4 is 0 Å². The highest BCUT2D eigenvalue weighted by Crippen LogP contribution is 2.34. The van der Waals surface area contributed by atoms with Crippen molar-refractivity contribution >= 4 is 21.4 Å². The summed E-state index contributed by atoms with van der Waals surface area (Å²) in [6.07, 6.45) is 4.97. The normalized spacial score (nSPS) is 19.1. The van der Waals surface area contributed by atoms with Gasteiger partial charge in [-0.2, -0.15) is 0 Å². The van der Waals surface area contributed by atoms with Gasteiger partial charge in [-0.15, -0.1) is 0 Å². The summed E-state index contributed by atoms with van der Waals surface area (Å²) in [6.45, 7) is 1.74. The lowest BCUT2D eigenvalue weighted by Gasteiger charge is -2.37. The fraction of sp³-hybridized carbons (Fsp3) is 0.375. The van der Waals surface area contributed by atoms with E-state index in [4.69, 9.17) is 16.6 Å². The van der Waals surface area contributed by atoms with Crippen LogP contribution in [0.1, 0.15) is 28.9 Å². The molecule has 0 saturated carbocycles. The highest BCUT2D eigenvalue weighted by Gasteiger charge is 2.32. The molecule has 1 unspecified atom stereocenters. The third-order valence-corrected chi connectivity index (χ3v) is 8.24. The second kappa shape index (κ2) is 7.76. The molecule has 0 fully saturated rings. The molecule has 1 aromatic heterocycles. The maximum Gasteiger partial charge on any atom is 0.175 e. The van der Waals surface area contributed by atoms with Crippen LogP contribution in [0.15, 0.2) is 47.4 Å². The summed E-state index contributed by atoms with van der Waals surface area (Å²) in [5, 5.41) is 0.710. The largest absolute Gasteiger partial charge is 0.331 e. The molecule has 0 bridgehead atoms. The van der Waals surface area contributed by atoms with Gasteiger partial charge in [-0.3, -0.25) is 4.90 Å². The molecule has 1 aliphatic heterocycles. The Morgan fingerprint density at radius 1 is 1.10 bits per heavy atom. The summed E-state index contributed by atoms with van der Waals surface area (Å²) in [4.78, 5) is 7.94. The summed E-state index contributed by atoms with van der Waals surface area (Å²) in [5.41, 5.74) is 5.50. The first-order valence-corrected chi connectivity index (χ1v) is 12.9. The number of aromatic nitrogens is 2. The minimum Gasteiger partial charge on any atom is -0.331 e. The minimum atomic E-state index is -3.23. The molecule has 2 aromatic carbocycles. The van der Waals surface area contributed by atoms with E-state index in [0.29, 0.717) is 16.0 Å². The smallest absolute Gasteiger partial charge is 0.175 e. The van der Waals surface area contributed by atoms with Crippen LogP contribution in [0.4, 0.5) is 0 Å². The van der Waals surface area contributed by atoms with Crippen molar-refractivity contribution in [3.8, 4) is 11.4 Å². The van der Waals surface area contributed by atoms with E-state index in [2.05, 4.69) is 22.6 Å². The van der Waals surface area contributed by atoms with Crippen molar-refractivity contribution in [3.05, 3.63) is 70.0 Å². The van der Waals surface area contributed by atoms with Crippen LogP contribution in [0.5, 0.6) is 0 Å². The summed E-state index contributed by atoms with van der Waals surface area (Å²) in [6, 6.07) is 13.8. The van der Waals surface area contributed by atoms with Crippen molar-refractivity contribution in [1.82, 2.24) is 14.5 Å². The number of imidazole rings is 1. The number of sulfone groups is 1. The minimum absolute atomic E-state index is 0.328. The topological polar surface area (TPSA) is 55.2 Å². The predicted molar refractivity (Wildman–Crippen MR) is 123 cm³/mol. The number of halogens is 1. The highest BCUT2D eigenvalue weighted by molar-refractivity contribution is 7.90. The first-order chi connectivity index (χ1) is 14.8. The lowest BCUT2D eigenvalue weighted by atomic mass is 9.86. The van der Waals surface area contributed by atoms with E-state index in [1.54, 1.807) is 6.07 Å². The molecule has 3 aromatic rings. The predicted octanol–water partition coefficient (Wildman–Crippen LogP) is 4.06. The van der Waals surface area contributed by atoms with Crippen molar-refractivity contribution in [2.75, 3.05) is 12.8 Å². The summed E-state index contributed by atoms with van der Waals surface area (Å²) >= 11 is 6.43. The number of rotatable bonds is 3. The highest BCUT2D eigenvalue weighted by atomic mass is 35.5. The quantitative estimate of drug-likeness (QED) is 0.597. The van der Waals surface area contributed by atoms with E-state index in [9.17, 15) is 8.42 Å². The van der Waals surface area contributed by atoms with Gasteiger partial charge in [-0.05, 0) is 48.6 Å². The van der Waals surface area contributed by atoms with E-state index in [1.807, 2.05) is 30.3 Å². The summed E-state index contributed by atoms with van der Waals surface area (Å²) < 4.78 is 26.8. The van der Waals surface area contributed by atoms with Crippen molar-refractivity contribution in [1.29, 1.82) is 0 Å². The first kappa shape index (κ1) is 20.7. The molecule has 0 N–H and O–H groups in total. The van der Waals surface area contributed by atoms with E-state index >= 15 is 0 Å². The van der Waals surface area contributed by atoms with Crippen molar-refractivity contribution in [3.63, 3.8) is 0 Å². The lowest BCUT2D eigenvalue weighted by molar-refractivity contribution is 0.159. The molecule has 1 aliphatic carbocycles. The molecule has 31 heavy (non-hydrogen) atoms. The first-order valence-electron chi connectivity index (χ1n) is 10.7. The van der Waals surface area contributed by atoms with Gasteiger partial charge in [0.2, 0.25) is 0 Å². The van der Waals surface area contributed by atoms with Crippen LogP contribution in [0, 0.1) is 0 Å². The molecule has 2 aliphatic rings. The third kappa shape index (κ3) is 3.71. The zero-order valence-electron chi connectivity index (χ0n) is 17.8. The van der Waals surface area contributed by atoms with Gasteiger partial charge >= 0.3 is 0 Å². The van der Waals surface area contributed by atoms with Gasteiger partial charge in [0.25, 0.3) is 0 Å². The van der Waals surface area contributed by atoms with Gasteiger partial charge in [-0.1, -0.05) is 35.9 Å². The number of hydrogen-bond donors (Lipinski definition) is 0. The average Bonchev–Trinajstić information content (AvgIpc) is 3.08. The Morgan fingerprint density at radius 3 is 2.68 bits per heavy atom. The monoisotopic (exact) mass is 455 g/mol. The maximum atomic E-state index is 12.3. The molecule has 162 valence electrons. The van der Waals surface area contributed by atoms with Gasteiger partial charge in [0.05, 0.1) is 15.6 Å². The number of fused-ring (bicyclic) bond motifs is 2. The van der Waals surface area contributed by atoms with Crippen LogP contribution in [-0.2, 0) is 42.7 Å². The molecular formula is C24H26ClN3O2S. The maximum absolute atomic E-state index is 12.3. The molecule has 0 spiro atoms. The van der Waals surface area contributed by atoms with Gasteiger partial charge < -0.3 is 4.57 Å². The standard InChI is InChI=1S/C24H26ClN3O2S/c1-27-22-12-13-28(15-21(22)26-24(27)18-7-3-4-8-20(18)25)17-11-10-16-6-5-9-23(19(16)14-17)31(2,29)30/h3-9,17H,10-15H2,1-2H3. The van der Waals surface area contributed by atoms with Crippen molar-refractivity contribution in [2.45, 2.75) is 43.2 Å². The van der Waals surface area contributed by atoms with Crippen LogP contribution in [-0.4, -0.2) is 41.7 Å². The second-order valence-electron chi connectivity index (χ2n) is 8.65. The van der Waals surface area contributed by atoms with Crippen LogP contribution in [0.25, 0.3) is 11.4 Å². The average molecular weight is 456 g/mol. The zero-order valence-corrected chi connectivity index (χ0v) is 19.4. The third-order valence-electron chi connectivity index (χ3n) is 6.73. The fourth-order valence-electron chi connectivity index (χ4n) is 5.14. The number of aryl methyl sites for hydroxylation is 1. The zero-order chi connectivity index (χ0) is 21.8. The van der Waals surface area contributed by atoms with Gasteiger partial charge in [0, 0.05) is 50.1 Å². The Balaban J connectivity index is 1.43. The van der Waals surface area contributed by atoms with Crippen LogP contribution >= 0.6 is 11.6 Å². The molecule has 0 saturated heterocycles. The van der Waals surface area contributed by atoms with Crippen LogP contribution in [0.2, 0.25) is 5.02 Å². The van der Waals surface area contributed by atoms with Gasteiger partial charge in [0.15, 0.2) is 9.84 Å². The van der Waals surface area contributed by atoms with E-state index in [1.165, 1.54) is 17.5 Å². The Bertz CT molecular complexity index is 1270. The molecule has 0 radical (unpaired) electrons. The molecule has 5 rings (SSSR count).